The number of amides is 2. The number of aromatic amines is 1. The summed E-state index contributed by atoms with van der Waals surface area (Å²) < 4.78 is 10.8. The zero-order chi connectivity index (χ0) is 26.0. The molecule has 1 aliphatic rings. The van der Waals surface area contributed by atoms with Crippen molar-refractivity contribution in [1.29, 1.82) is 0 Å². The predicted molar refractivity (Wildman–Crippen MR) is 147 cm³/mol. The molecule has 2 N–H and O–H groups in total. The van der Waals surface area contributed by atoms with Gasteiger partial charge < -0.3 is 24.7 Å². The minimum absolute atomic E-state index is 0.153. The number of H-pyrrole nitrogens is 1. The first-order valence-corrected chi connectivity index (χ1v) is 13.1. The molecule has 4 aromatic rings. The van der Waals surface area contributed by atoms with E-state index in [0.717, 1.165) is 21.4 Å². The molecule has 2 heterocycles. The first-order chi connectivity index (χ1) is 17.9. The number of methoxy groups -OCH3 is 2. The fourth-order valence-electron chi connectivity index (χ4n) is 4.70. The number of rotatable bonds is 7. The van der Waals surface area contributed by atoms with Crippen LogP contribution in [0.2, 0.25) is 0 Å². The van der Waals surface area contributed by atoms with Crippen LogP contribution in [-0.4, -0.2) is 53.8 Å². The number of hydrogen-bond acceptors (Lipinski definition) is 5. The Balaban J connectivity index is 1.48. The molecule has 2 amide bonds. The molecule has 0 bridgehead atoms. The second-order valence-corrected chi connectivity index (χ2v) is 10.2. The van der Waals surface area contributed by atoms with E-state index in [0.29, 0.717) is 41.5 Å². The summed E-state index contributed by atoms with van der Waals surface area (Å²) in [4.78, 5) is 33.8. The van der Waals surface area contributed by atoms with Gasteiger partial charge in [-0.05, 0) is 49.2 Å². The summed E-state index contributed by atoms with van der Waals surface area (Å²) in [6.07, 6.45) is 2.59. The van der Waals surface area contributed by atoms with Crippen molar-refractivity contribution in [3.63, 3.8) is 0 Å². The van der Waals surface area contributed by atoms with Gasteiger partial charge >= 0.3 is 0 Å². The largest absolute Gasteiger partial charge is 0.497 e. The SMILES string of the molecule is COc1ccc(NC(=O)[C@]2(C)CSc3ccccc3C(=O)N2CCc2c[nH]c3ccccc23)c(OC)c1. The van der Waals surface area contributed by atoms with E-state index in [1.165, 1.54) is 11.8 Å². The van der Waals surface area contributed by atoms with Gasteiger partial charge in [-0.25, -0.2) is 0 Å². The number of benzene rings is 3. The van der Waals surface area contributed by atoms with Gasteiger partial charge in [0.1, 0.15) is 17.0 Å². The first kappa shape index (κ1) is 24.8. The lowest BCUT2D eigenvalue weighted by atomic mass is 9.98. The summed E-state index contributed by atoms with van der Waals surface area (Å²) >= 11 is 1.52. The zero-order valence-electron chi connectivity index (χ0n) is 21.0. The number of carbonyl (C=O) groups is 2. The number of thioether (sulfide) groups is 1. The predicted octanol–water partition coefficient (Wildman–Crippen LogP) is 5.37. The average molecular weight is 516 g/mol. The van der Waals surface area contributed by atoms with Crippen molar-refractivity contribution >= 4 is 40.2 Å². The zero-order valence-corrected chi connectivity index (χ0v) is 21.9. The number of nitrogens with zero attached hydrogens (tertiary/aromatic N) is 1. The molecular weight excluding hydrogens is 486 g/mol. The number of nitrogens with one attached hydrogen (secondary N) is 2. The van der Waals surface area contributed by atoms with Gasteiger partial charge in [-0.2, -0.15) is 0 Å². The van der Waals surface area contributed by atoms with E-state index >= 15 is 0 Å². The molecule has 0 radical (unpaired) electrons. The minimum atomic E-state index is -1.11. The smallest absolute Gasteiger partial charge is 0.255 e. The molecule has 0 saturated heterocycles. The van der Waals surface area contributed by atoms with Crippen molar-refractivity contribution in [3.8, 4) is 11.5 Å². The van der Waals surface area contributed by atoms with Crippen molar-refractivity contribution in [3.05, 3.63) is 84.1 Å². The third kappa shape index (κ3) is 4.64. The Kier molecular flexibility index (Phi) is 6.84. The summed E-state index contributed by atoms with van der Waals surface area (Å²) in [5.74, 6) is 1.09. The summed E-state index contributed by atoms with van der Waals surface area (Å²) in [5.41, 5.74) is 2.17. The van der Waals surface area contributed by atoms with Crippen LogP contribution in [0.15, 0.2) is 77.8 Å². The highest BCUT2D eigenvalue weighted by Gasteiger charge is 2.45. The highest BCUT2D eigenvalue weighted by Crippen LogP contribution is 2.37. The number of anilines is 1. The van der Waals surface area contributed by atoms with Gasteiger partial charge in [0.2, 0.25) is 0 Å². The maximum absolute atomic E-state index is 13.9. The van der Waals surface area contributed by atoms with Crippen LogP contribution in [0.3, 0.4) is 0 Å². The molecule has 0 aliphatic carbocycles. The quantitative estimate of drug-likeness (QED) is 0.346. The van der Waals surface area contributed by atoms with Crippen LogP contribution < -0.4 is 14.8 Å². The highest BCUT2D eigenvalue weighted by molar-refractivity contribution is 7.99. The van der Waals surface area contributed by atoms with Crippen LogP contribution >= 0.6 is 11.8 Å². The molecule has 0 fully saturated rings. The minimum Gasteiger partial charge on any atom is -0.497 e. The molecule has 1 atom stereocenters. The van der Waals surface area contributed by atoms with E-state index < -0.39 is 5.54 Å². The van der Waals surface area contributed by atoms with Crippen LogP contribution in [0.1, 0.15) is 22.8 Å². The Morgan fingerprint density at radius 3 is 2.68 bits per heavy atom. The van der Waals surface area contributed by atoms with E-state index in [-0.39, 0.29) is 11.8 Å². The van der Waals surface area contributed by atoms with Gasteiger partial charge in [0.25, 0.3) is 11.8 Å². The van der Waals surface area contributed by atoms with Gasteiger partial charge in [-0.15, -0.1) is 11.8 Å². The molecule has 1 aromatic heterocycles. The lowest BCUT2D eigenvalue weighted by Crippen LogP contribution is -2.58. The third-order valence-corrected chi connectivity index (χ3v) is 8.27. The van der Waals surface area contributed by atoms with Crippen LogP contribution in [0.5, 0.6) is 11.5 Å². The highest BCUT2D eigenvalue weighted by atomic mass is 32.2. The second-order valence-electron chi connectivity index (χ2n) is 9.15. The molecule has 7 nitrogen and oxygen atoms in total. The average Bonchev–Trinajstić information content (AvgIpc) is 3.30. The number of fused-ring (bicyclic) bond motifs is 2. The van der Waals surface area contributed by atoms with E-state index in [4.69, 9.17) is 9.47 Å². The number of ether oxygens (including phenoxy) is 2. The van der Waals surface area contributed by atoms with E-state index in [2.05, 4.69) is 16.4 Å². The van der Waals surface area contributed by atoms with Crippen LogP contribution in [0.4, 0.5) is 5.69 Å². The van der Waals surface area contributed by atoms with Crippen LogP contribution in [0.25, 0.3) is 10.9 Å². The summed E-state index contributed by atoms with van der Waals surface area (Å²) in [7, 11) is 3.12. The molecule has 3 aromatic carbocycles. The van der Waals surface area contributed by atoms with Gasteiger partial charge in [-0.1, -0.05) is 30.3 Å². The Hall–Kier alpha value is -3.91. The molecule has 5 rings (SSSR count). The molecular formula is C29H29N3O4S. The van der Waals surface area contributed by atoms with Gasteiger partial charge in [0, 0.05) is 40.4 Å². The first-order valence-electron chi connectivity index (χ1n) is 12.1. The van der Waals surface area contributed by atoms with E-state index in [9.17, 15) is 9.59 Å². The fraction of sp³-hybridized carbons (Fsp3) is 0.241. The summed E-state index contributed by atoms with van der Waals surface area (Å²) in [6, 6.07) is 20.9. The Bertz CT molecular complexity index is 1470. The number of aromatic nitrogens is 1. The maximum atomic E-state index is 13.9. The van der Waals surface area contributed by atoms with E-state index in [1.54, 1.807) is 37.3 Å². The molecule has 1 aliphatic heterocycles. The van der Waals surface area contributed by atoms with Crippen molar-refractivity contribution in [2.45, 2.75) is 23.8 Å². The van der Waals surface area contributed by atoms with Crippen LogP contribution in [-0.2, 0) is 11.2 Å². The number of para-hydroxylation sites is 1. The summed E-state index contributed by atoms with van der Waals surface area (Å²) in [6.45, 7) is 2.23. The molecule has 37 heavy (non-hydrogen) atoms. The third-order valence-electron chi connectivity index (χ3n) is 6.89. The standard InChI is InChI=1S/C29H29N3O4S/c1-29(28(34)31-24-13-12-20(35-2)16-25(24)36-3)18-37-26-11-7-5-9-22(26)27(33)32(29)15-14-19-17-30-23-10-6-4-8-21(19)23/h4-13,16-17,30H,14-15,18H2,1-3H3,(H,31,34)/t29-/m0/s1. The Morgan fingerprint density at radius 1 is 1.08 bits per heavy atom. The monoisotopic (exact) mass is 515 g/mol. The van der Waals surface area contributed by atoms with Gasteiger partial charge in [0.05, 0.1) is 25.5 Å². The topological polar surface area (TPSA) is 83.7 Å². The lowest BCUT2D eigenvalue weighted by Gasteiger charge is -2.38. The van der Waals surface area contributed by atoms with Crippen molar-refractivity contribution < 1.29 is 19.1 Å². The van der Waals surface area contributed by atoms with Crippen molar-refractivity contribution in [2.75, 3.05) is 31.8 Å². The van der Waals surface area contributed by atoms with Crippen molar-refractivity contribution in [1.82, 2.24) is 9.88 Å². The Morgan fingerprint density at radius 2 is 1.86 bits per heavy atom. The Labute approximate surface area is 220 Å². The maximum Gasteiger partial charge on any atom is 0.255 e. The molecule has 0 unspecified atom stereocenters. The van der Waals surface area contributed by atoms with Gasteiger partial charge in [-0.3, -0.25) is 9.59 Å². The lowest BCUT2D eigenvalue weighted by molar-refractivity contribution is -0.124. The molecule has 0 spiro atoms. The number of hydrogen-bond donors (Lipinski definition) is 2. The van der Waals surface area contributed by atoms with Gasteiger partial charge in [0.15, 0.2) is 0 Å². The van der Waals surface area contributed by atoms with Crippen molar-refractivity contribution in [2.24, 2.45) is 0 Å². The fourth-order valence-corrected chi connectivity index (χ4v) is 5.91. The number of carbonyl (C=O) groups excluding carboxylic acids is 2. The van der Waals surface area contributed by atoms with E-state index in [1.807, 2.05) is 55.6 Å². The molecule has 190 valence electrons. The normalized spacial score (nSPS) is 17.3. The molecule has 0 saturated carbocycles. The van der Waals surface area contributed by atoms with Crippen LogP contribution in [0, 0.1) is 0 Å². The summed E-state index contributed by atoms with van der Waals surface area (Å²) in [5, 5.41) is 4.14. The second kappa shape index (κ2) is 10.2. The molecule has 8 heteroatoms.